The van der Waals surface area contributed by atoms with Crippen LogP contribution in [0.2, 0.25) is 0 Å². The number of halogens is 3. The van der Waals surface area contributed by atoms with E-state index in [9.17, 15) is 27.9 Å². The van der Waals surface area contributed by atoms with Crippen LogP contribution in [0.4, 0.5) is 13.2 Å². The maximum Gasteiger partial charge on any atom is 0.416 e. The third-order valence-electron chi connectivity index (χ3n) is 7.82. The molecule has 0 unspecified atom stereocenters. The zero-order valence-electron chi connectivity index (χ0n) is 21.7. The van der Waals surface area contributed by atoms with Crippen molar-refractivity contribution >= 4 is 11.8 Å². The average molecular weight is 557 g/mol. The smallest absolute Gasteiger partial charge is 0.384 e. The van der Waals surface area contributed by atoms with Gasteiger partial charge in [-0.25, -0.2) is 0 Å². The lowest BCUT2D eigenvalue weighted by molar-refractivity contribution is -0.137. The van der Waals surface area contributed by atoms with E-state index in [0.29, 0.717) is 25.1 Å². The Balaban J connectivity index is 1.06. The predicted molar refractivity (Wildman–Crippen MR) is 140 cm³/mol. The zero-order valence-corrected chi connectivity index (χ0v) is 21.7. The van der Waals surface area contributed by atoms with Gasteiger partial charge in [0.1, 0.15) is 5.60 Å². The van der Waals surface area contributed by atoms with Crippen LogP contribution in [0.5, 0.6) is 0 Å². The molecule has 3 aromatic rings. The molecule has 2 aromatic heterocycles. The number of nitrogens with zero attached hydrogens (tertiary/aromatic N) is 3. The molecule has 2 aliphatic rings. The molecular weight excluding hydrogens is 525 g/mol. The molecule has 5 rings (SSSR count). The van der Waals surface area contributed by atoms with Gasteiger partial charge in [-0.2, -0.15) is 18.3 Å². The first-order valence-electron chi connectivity index (χ1n) is 13.3. The molecule has 40 heavy (non-hydrogen) atoms. The number of amides is 2. The Hall–Kier alpha value is -3.77. The van der Waals surface area contributed by atoms with E-state index in [-0.39, 0.29) is 24.2 Å². The van der Waals surface area contributed by atoms with Crippen LogP contribution in [0.3, 0.4) is 0 Å². The van der Waals surface area contributed by atoms with Crippen molar-refractivity contribution in [2.24, 2.45) is 0 Å². The summed E-state index contributed by atoms with van der Waals surface area (Å²) in [7, 11) is 0. The number of aromatic nitrogens is 3. The molecule has 0 spiro atoms. The van der Waals surface area contributed by atoms with Gasteiger partial charge in [-0.15, -0.1) is 0 Å². The van der Waals surface area contributed by atoms with Gasteiger partial charge >= 0.3 is 6.18 Å². The summed E-state index contributed by atoms with van der Waals surface area (Å²) in [5.74, 6) is -1.13. The van der Waals surface area contributed by atoms with Crippen molar-refractivity contribution in [1.29, 1.82) is 0 Å². The summed E-state index contributed by atoms with van der Waals surface area (Å²) in [6.45, 7) is 1.14. The first-order valence-corrected chi connectivity index (χ1v) is 13.3. The second-order valence-corrected chi connectivity index (χ2v) is 10.5. The average Bonchev–Trinajstić information content (AvgIpc) is 3.65. The van der Waals surface area contributed by atoms with Crippen molar-refractivity contribution in [2.75, 3.05) is 19.6 Å². The van der Waals surface area contributed by atoms with Crippen molar-refractivity contribution in [3.63, 3.8) is 0 Å². The molecular formula is C28H31F3N6O3. The Kier molecular flexibility index (Phi) is 7.90. The quantitative estimate of drug-likeness (QED) is 0.355. The number of H-pyrrole nitrogens is 1. The number of hydrogen-bond donors (Lipinski definition) is 4. The number of nitrogens with one attached hydrogen (secondary N) is 3. The summed E-state index contributed by atoms with van der Waals surface area (Å²) < 4.78 is 38.7. The standard InChI is InChI=1S/C28H31F3N6O3/c29-28(30,31)21-3-1-2-18(12-21)26(39)33-16-25(38)36-22-8-11-37(17-22)23-6-9-27(40,10-7-23)24-5-4-19(13-32-24)20-14-34-35-15-20/h1-5,12-15,22-23,40H,6-11,16-17H2,(H,33,39)(H,34,35)(H,36,38)/t22-,23?,27?/m1/s1. The lowest BCUT2D eigenvalue weighted by atomic mass is 9.79. The second-order valence-electron chi connectivity index (χ2n) is 10.5. The largest absolute Gasteiger partial charge is 0.416 e. The van der Waals surface area contributed by atoms with Gasteiger partial charge in [-0.3, -0.25) is 24.6 Å². The van der Waals surface area contributed by atoms with Crippen LogP contribution in [0.15, 0.2) is 55.0 Å². The Bertz CT molecular complexity index is 1320. The van der Waals surface area contributed by atoms with Crippen LogP contribution in [0.25, 0.3) is 11.1 Å². The van der Waals surface area contributed by atoms with Crippen LogP contribution >= 0.6 is 0 Å². The Morgan fingerprint density at radius 1 is 1.10 bits per heavy atom. The SMILES string of the molecule is O=C(CNC(=O)c1cccc(C(F)(F)F)c1)N[C@@H]1CCN(C2CCC(O)(c3ccc(-c4cn[nH]c4)cn3)CC2)C1. The lowest BCUT2D eigenvalue weighted by Gasteiger charge is -2.39. The van der Waals surface area contributed by atoms with Crippen LogP contribution in [0.1, 0.15) is 53.7 Å². The van der Waals surface area contributed by atoms with Gasteiger partial charge in [-0.1, -0.05) is 12.1 Å². The highest BCUT2D eigenvalue weighted by Crippen LogP contribution is 2.39. The normalized spacial score (nSPS) is 23.6. The van der Waals surface area contributed by atoms with Gasteiger partial charge in [0.15, 0.2) is 0 Å². The van der Waals surface area contributed by atoms with E-state index in [1.165, 1.54) is 6.07 Å². The summed E-state index contributed by atoms with van der Waals surface area (Å²) in [5, 5.41) is 23.3. The van der Waals surface area contributed by atoms with Crippen molar-refractivity contribution in [3.05, 3.63) is 71.8 Å². The van der Waals surface area contributed by atoms with Gasteiger partial charge in [-0.05, 0) is 56.4 Å². The molecule has 9 nitrogen and oxygen atoms in total. The first-order chi connectivity index (χ1) is 19.1. The molecule has 0 radical (unpaired) electrons. The van der Waals surface area contributed by atoms with E-state index < -0.39 is 29.2 Å². The highest BCUT2D eigenvalue weighted by atomic mass is 19.4. The maximum atomic E-state index is 12.9. The number of aromatic amines is 1. The van der Waals surface area contributed by atoms with E-state index in [2.05, 4.69) is 30.7 Å². The highest BCUT2D eigenvalue weighted by molar-refractivity contribution is 5.96. The summed E-state index contributed by atoms with van der Waals surface area (Å²) in [4.78, 5) is 31.5. The van der Waals surface area contributed by atoms with Gasteiger partial charge in [0, 0.05) is 54.3 Å². The number of likely N-dealkylation sites (tertiary alicyclic amines) is 1. The summed E-state index contributed by atoms with van der Waals surface area (Å²) in [6, 6.07) is 8.09. The number of carbonyl (C=O) groups is 2. The molecule has 2 amide bonds. The fourth-order valence-electron chi connectivity index (χ4n) is 5.56. The minimum absolute atomic E-state index is 0.0871. The highest BCUT2D eigenvalue weighted by Gasteiger charge is 2.39. The van der Waals surface area contributed by atoms with E-state index >= 15 is 0 Å². The van der Waals surface area contributed by atoms with Crippen LogP contribution in [-0.2, 0) is 16.6 Å². The van der Waals surface area contributed by atoms with E-state index in [1.807, 2.05) is 12.1 Å². The summed E-state index contributed by atoms with van der Waals surface area (Å²) >= 11 is 0. The zero-order chi connectivity index (χ0) is 28.3. The monoisotopic (exact) mass is 556 g/mol. The van der Waals surface area contributed by atoms with Crippen molar-refractivity contribution in [1.82, 2.24) is 30.7 Å². The molecule has 4 N–H and O–H groups in total. The number of carbonyl (C=O) groups excluding carboxylic acids is 2. The molecule has 1 saturated carbocycles. The van der Waals surface area contributed by atoms with Crippen molar-refractivity contribution in [2.45, 2.75) is 56.0 Å². The molecule has 212 valence electrons. The van der Waals surface area contributed by atoms with E-state index in [0.717, 1.165) is 55.1 Å². The van der Waals surface area contributed by atoms with Crippen LogP contribution < -0.4 is 10.6 Å². The van der Waals surface area contributed by atoms with Gasteiger partial charge in [0.05, 0.1) is 24.0 Å². The molecule has 3 heterocycles. The van der Waals surface area contributed by atoms with Gasteiger partial charge in [0.2, 0.25) is 5.91 Å². The number of rotatable bonds is 7. The minimum atomic E-state index is -4.55. The van der Waals surface area contributed by atoms with Crippen molar-refractivity contribution < 1.29 is 27.9 Å². The Labute approximate surface area is 229 Å². The van der Waals surface area contributed by atoms with Gasteiger partial charge < -0.3 is 15.7 Å². The maximum absolute atomic E-state index is 12.9. The Morgan fingerprint density at radius 3 is 2.58 bits per heavy atom. The second kappa shape index (κ2) is 11.4. The molecule has 1 aliphatic carbocycles. The number of hydrogen-bond acceptors (Lipinski definition) is 6. The molecule has 1 saturated heterocycles. The van der Waals surface area contributed by atoms with E-state index in [1.54, 1.807) is 18.6 Å². The lowest BCUT2D eigenvalue weighted by Crippen LogP contribution is -2.45. The number of pyridine rings is 1. The fraction of sp³-hybridized carbons (Fsp3) is 0.429. The number of benzene rings is 1. The van der Waals surface area contributed by atoms with E-state index in [4.69, 9.17) is 0 Å². The van der Waals surface area contributed by atoms with Crippen LogP contribution in [0, 0.1) is 0 Å². The summed E-state index contributed by atoms with van der Waals surface area (Å²) in [5.41, 5.74) is 0.472. The number of alkyl halides is 3. The van der Waals surface area contributed by atoms with Crippen LogP contribution in [-0.4, -0.2) is 68.7 Å². The Morgan fingerprint density at radius 2 is 1.90 bits per heavy atom. The van der Waals surface area contributed by atoms with Gasteiger partial charge in [0.25, 0.3) is 5.91 Å². The molecule has 1 atom stereocenters. The fourth-order valence-corrected chi connectivity index (χ4v) is 5.56. The minimum Gasteiger partial charge on any atom is -0.384 e. The molecule has 1 aliphatic heterocycles. The molecule has 12 heteroatoms. The first kappa shape index (κ1) is 27.8. The summed E-state index contributed by atoms with van der Waals surface area (Å²) in [6.07, 6.45) is 4.24. The third-order valence-corrected chi connectivity index (χ3v) is 7.82. The third kappa shape index (κ3) is 6.34. The predicted octanol–water partition coefficient (Wildman–Crippen LogP) is 3.24. The topological polar surface area (TPSA) is 123 Å². The molecule has 2 fully saturated rings. The molecule has 1 aromatic carbocycles. The van der Waals surface area contributed by atoms with Crippen molar-refractivity contribution in [3.8, 4) is 11.1 Å². The number of aliphatic hydroxyl groups is 1. The molecule has 0 bridgehead atoms.